The molecular weight excluding hydrogens is 254 g/mol. The minimum Gasteiger partial charge on any atom is -0.453 e. The van der Waals surface area contributed by atoms with Crippen molar-refractivity contribution >= 4 is 15.9 Å². The molecule has 0 aromatic carbocycles. The molecule has 0 amide bonds. The van der Waals surface area contributed by atoms with E-state index in [9.17, 15) is 0 Å². The highest BCUT2D eigenvalue weighted by Gasteiger charge is 2.13. The third-order valence-corrected chi connectivity index (χ3v) is 2.91. The maximum absolute atomic E-state index is 5.58. The van der Waals surface area contributed by atoms with Gasteiger partial charge in [-0.15, -0.1) is 0 Å². The van der Waals surface area contributed by atoms with E-state index in [-0.39, 0.29) is 0 Å². The smallest absolute Gasteiger partial charge is 0.169 e. The molecule has 0 aliphatic rings. The van der Waals surface area contributed by atoms with Gasteiger partial charge in [-0.2, -0.15) is 0 Å². The summed E-state index contributed by atoms with van der Waals surface area (Å²) < 4.78 is 6.40. The Balaban J connectivity index is 2.49. The van der Waals surface area contributed by atoms with Crippen molar-refractivity contribution in [1.29, 1.82) is 0 Å². The zero-order valence-electron chi connectivity index (χ0n) is 9.55. The van der Waals surface area contributed by atoms with Crippen molar-refractivity contribution in [1.82, 2.24) is 5.32 Å². The van der Waals surface area contributed by atoms with E-state index in [0.717, 1.165) is 23.4 Å². The summed E-state index contributed by atoms with van der Waals surface area (Å²) in [5.74, 6) is 1.04. The number of halogens is 1. The lowest BCUT2D eigenvalue weighted by Crippen LogP contribution is -2.20. The Morgan fingerprint density at radius 1 is 1.33 bits per heavy atom. The number of nitrogens with one attached hydrogen (secondary N) is 1. The molecular formula is C12H20BrNO. The van der Waals surface area contributed by atoms with Gasteiger partial charge < -0.3 is 9.73 Å². The third-order valence-electron chi connectivity index (χ3n) is 2.48. The van der Waals surface area contributed by atoms with Gasteiger partial charge in [0, 0.05) is 0 Å². The summed E-state index contributed by atoms with van der Waals surface area (Å²) in [7, 11) is 0. The van der Waals surface area contributed by atoms with Crippen molar-refractivity contribution in [2.75, 3.05) is 6.54 Å². The molecule has 0 aliphatic carbocycles. The quantitative estimate of drug-likeness (QED) is 0.751. The first kappa shape index (κ1) is 12.8. The van der Waals surface area contributed by atoms with E-state index in [1.54, 1.807) is 0 Å². The molecule has 0 saturated heterocycles. The molecule has 1 atom stereocenters. The van der Waals surface area contributed by atoms with Gasteiger partial charge in [0.15, 0.2) is 4.67 Å². The normalized spacial score (nSPS) is 13.0. The summed E-state index contributed by atoms with van der Waals surface area (Å²) in [4.78, 5) is 0. The van der Waals surface area contributed by atoms with Crippen LogP contribution in [0.25, 0.3) is 0 Å². The molecule has 1 heterocycles. The van der Waals surface area contributed by atoms with Crippen LogP contribution in [0.3, 0.4) is 0 Å². The van der Waals surface area contributed by atoms with Crippen LogP contribution in [0.2, 0.25) is 0 Å². The Kier molecular flexibility index (Phi) is 6.03. The van der Waals surface area contributed by atoms with E-state index in [1.807, 2.05) is 12.1 Å². The zero-order chi connectivity index (χ0) is 11.1. The molecule has 1 aromatic rings. The average Bonchev–Trinajstić information content (AvgIpc) is 2.64. The summed E-state index contributed by atoms with van der Waals surface area (Å²) >= 11 is 3.34. The zero-order valence-corrected chi connectivity index (χ0v) is 11.1. The van der Waals surface area contributed by atoms with Crippen LogP contribution in [0.1, 0.15) is 51.3 Å². The van der Waals surface area contributed by atoms with Gasteiger partial charge in [0.1, 0.15) is 5.76 Å². The molecule has 0 radical (unpaired) electrons. The maximum Gasteiger partial charge on any atom is 0.169 e. The summed E-state index contributed by atoms with van der Waals surface area (Å²) in [5, 5.41) is 3.46. The topological polar surface area (TPSA) is 25.2 Å². The Morgan fingerprint density at radius 2 is 2.13 bits per heavy atom. The molecule has 1 unspecified atom stereocenters. The first-order valence-corrected chi connectivity index (χ1v) is 6.55. The molecule has 2 nitrogen and oxygen atoms in total. The number of unbranched alkanes of at least 4 members (excludes halogenated alkanes) is 2. The Labute approximate surface area is 101 Å². The van der Waals surface area contributed by atoms with E-state index in [0.29, 0.717) is 6.04 Å². The lowest BCUT2D eigenvalue weighted by atomic mass is 10.1. The predicted molar refractivity (Wildman–Crippen MR) is 67.0 cm³/mol. The van der Waals surface area contributed by atoms with Gasteiger partial charge in [0.25, 0.3) is 0 Å². The van der Waals surface area contributed by atoms with Crippen molar-refractivity contribution in [3.63, 3.8) is 0 Å². The van der Waals surface area contributed by atoms with Crippen LogP contribution in [0.15, 0.2) is 21.2 Å². The van der Waals surface area contributed by atoms with Gasteiger partial charge in [0.05, 0.1) is 6.04 Å². The Bertz CT molecular complexity index is 272. The number of hydrogen-bond donors (Lipinski definition) is 1. The molecule has 0 bridgehead atoms. The van der Waals surface area contributed by atoms with Crippen LogP contribution in [0.4, 0.5) is 0 Å². The standard InChI is InChI=1S/C12H20BrNO/c1-3-5-6-7-10(14-4-2)11-8-9-12(13)15-11/h8-10,14H,3-7H2,1-2H3. The molecule has 0 saturated carbocycles. The lowest BCUT2D eigenvalue weighted by Gasteiger charge is -2.14. The molecule has 1 N–H and O–H groups in total. The Hall–Kier alpha value is -0.280. The first-order chi connectivity index (χ1) is 7.27. The van der Waals surface area contributed by atoms with Gasteiger partial charge in [-0.1, -0.05) is 33.1 Å². The van der Waals surface area contributed by atoms with Crippen LogP contribution in [0.5, 0.6) is 0 Å². The Morgan fingerprint density at radius 3 is 2.67 bits per heavy atom. The molecule has 86 valence electrons. The van der Waals surface area contributed by atoms with Crippen LogP contribution in [-0.4, -0.2) is 6.54 Å². The number of rotatable bonds is 7. The fourth-order valence-corrected chi connectivity index (χ4v) is 2.02. The van der Waals surface area contributed by atoms with Gasteiger partial charge in [0.2, 0.25) is 0 Å². The van der Waals surface area contributed by atoms with Gasteiger partial charge in [-0.05, 0) is 41.0 Å². The SMILES string of the molecule is CCCCCC(NCC)c1ccc(Br)o1. The van der Waals surface area contributed by atoms with Crippen molar-refractivity contribution in [2.24, 2.45) is 0 Å². The van der Waals surface area contributed by atoms with Gasteiger partial charge in [-0.3, -0.25) is 0 Å². The summed E-state index contributed by atoms with van der Waals surface area (Å²) in [6.45, 7) is 5.34. The van der Waals surface area contributed by atoms with Crippen molar-refractivity contribution < 1.29 is 4.42 Å². The van der Waals surface area contributed by atoms with E-state index < -0.39 is 0 Å². The van der Waals surface area contributed by atoms with Crippen molar-refractivity contribution in [3.05, 3.63) is 22.6 Å². The number of furan rings is 1. The summed E-state index contributed by atoms with van der Waals surface area (Å²) in [5.41, 5.74) is 0. The molecule has 0 spiro atoms. The van der Waals surface area contributed by atoms with Crippen LogP contribution >= 0.6 is 15.9 Å². The molecule has 15 heavy (non-hydrogen) atoms. The van der Waals surface area contributed by atoms with Crippen molar-refractivity contribution in [2.45, 2.75) is 45.6 Å². The predicted octanol–water partition coefficient (Wildman–Crippen LogP) is 4.27. The van der Waals surface area contributed by atoms with Crippen LogP contribution in [-0.2, 0) is 0 Å². The third kappa shape index (κ3) is 4.39. The molecule has 0 aliphatic heterocycles. The highest BCUT2D eigenvalue weighted by atomic mass is 79.9. The molecule has 0 fully saturated rings. The number of hydrogen-bond acceptors (Lipinski definition) is 2. The largest absolute Gasteiger partial charge is 0.453 e. The van der Waals surface area contributed by atoms with Gasteiger partial charge >= 0.3 is 0 Å². The maximum atomic E-state index is 5.58. The second-order valence-corrected chi connectivity index (χ2v) is 4.53. The van der Waals surface area contributed by atoms with Crippen molar-refractivity contribution in [3.8, 4) is 0 Å². The highest BCUT2D eigenvalue weighted by molar-refractivity contribution is 9.10. The summed E-state index contributed by atoms with van der Waals surface area (Å²) in [6, 6.07) is 4.37. The summed E-state index contributed by atoms with van der Waals surface area (Å²) in [6.07, 6.45) is 4.97. The fourth-order valence-electron chi connectivity index (χ4n) is 1.71. The van der Waals surface area contributed by atoms with E-state index in [2.05, 4.69) is 35.1 Å². The van der Waals surface area contributed by atoms with Crippen LogP contribution in [0, 0.1) is 0 Å². The highest BCUT2D eigenvalue weighted by Crippen LogP contribution is 2.24. The first-order valence-electron chi connectivity index (χ1n) is 5.76. The van der Waals surface area contributed by atoms with E-state index in [4.69, 9.17) is 4.42 Å². The monoisotopic (exact) mass is 273 g/mol. The van der Waals surface area contributed by atoms with Crippen LogP contribution < -0.4 is 5.32 Å². The second-order valence-electron chi connectivity index (χ2n) is 3.75. The van der Waals surface area contributed by atoms with E-state index in [1.165, 1.54) is 19.3 Å². The van der Waals surface area contributed by atoms with E-state index >= 15 is 0 Å². The minimum atomic E-state index is 0.368. The second kappa shape index (κ2) is 7.07. The average molecular weight is 274 g/mol. The molecule has 3 heteroatoms. The molecule has 1 aromatic heterocycles. The van der Waals surface area contributed by atoms with Gasteiger partial charge in [-0.25, -0.2) is 0 Å². The minimum absolute atomic E-state index is 0.368. The fraction of sp³-hybridized carbons (Fsp3) is 0.667. The lowest BCUT2D eigenvalue weighted by molar-refractivity contribution is 0.382. The molecule has 1 rings (SSSR count).